The van der Waals surface area contributed by atoms with Gasteiger partial charge in [-0.1, -0.05) is 25.9 Å². The fourth-order valence-electron chi connectivity index (χ4n) is 1.00. The molecule has 0 spiro atoms. The number of hydrogen-bond donors (Lipinski definition) is 2. The predicted octanol–water partition coefficient (Wildman–Crippen LogP) is 1.32. The zero-order chi connectivity index (χ0) is 13.3. The molecule has 1 heterocycles. The van der Waals surface area contributed by atoms with Crippen LogP contribution < -0.4 is 5.32 Å². The third-order valence-electron chi connectivity index (χ3n) is 2.36. The Morgan fingerprint density at radius 3 is 2.35 bits per heavy atom. The van der Waals surface area contributed by atoms with Crippen molar-refractivity contribution in [3.8, 4) is 0 Å². The molecule has 0 aromatic carbocycles. The lowest BCUT2D eigenvalue weighted by Gasteiger charge is -2.19. The van der Waals surface area contributed by atoms with Crippen LogP contribution in [-0.2, 0) is 16.8 Å². The van der Waals surface area contributed by atoms with Gasteiger partial charge in [0.05, 0.1) is 6.54 Å². The molecule has 0 unspecified atom stereocenters. The second-order valence-electron chi connectivity index (χ2n) is 5.55. The smallest absolute Gasteiger partial charge is 0.323 e. The highest BCUT2D eigenvalue weighted by Gasteiger charge is 2.27. The third-order valence-corrected chi connectivity index (χ3v) is 2.36. The molecular weight excluding hydrogens is 222 g/mol. The van der Waals surface area contributed by atoms with Crippen LogP contribution in [0, 0.1) is 0 Å². The summed E-state index contributed by atoms with van der Waals surface area (Å²) in [5.74, 6) is 0.0831. The zero-order valence-electron chi connectivity index (χ0n) is 10.9. The lowest BCUT2D eigenvalue weighted by Crippen LogP contribution is -2.46. The van der Waals surface area contributed by atoms with Crippen LogP contribution in [-0.4, -0.2) is 26.8 Å². The van der Waals surface area contributed by atoms with Crippen LogP contribution in [0.4, 0.5) is 0 Å². The van der Waals surface area contributed by atoms with E-state index in [4.69, 9.17) is 9.63 Å². The summed E-state index contributed by atoms with van der Waals surface area (Å²) in [6, 6.07) is 0. The molecule has 0 saturated heterocycles. The van der Waals surface area contributed by atoms with Crippen molar-refractivity contribution >= 4 is 5.97 Å². The number of aromatic nitrogens is 2. The lowest BCUT2D eigenvalue weighted by molar-refractivity contribution is -0.143. The molecule has 0 radical (unpaired) electrons. The number of carboxylic acid groups (broad SMARTS) is 1. The fraction of sp³-hybridized carbons (Fsp3) is 0.727. The SMILES string of the molecule is CC(C)(NCc1nc(C(C)(C)C)no1)C(=O)O. The Labute approximate surface area is 100 Å². The molecule has 0 bridgehead atoms. The average molecular weight is 241 g/mol. The monoisotopic (exact) mass is 241 g/mol. The van der Waals surface area contributed by atoms with Gasteiger partial charge in [-0.25, -0.2) is 0 Å². The summed E-state index contributed by atoms with van der Waals surface area (Å²) in [5, 5.41) is 15.6. The number of aliphatic carboxylic acids is 1. The van der Waals surface area contributed by atoms with Crippen molar-refractivity contribution in [3.63, 3.8) is 0 Å². The van der Waals surface area contributed by atoms with E-state index in [1.54, 1.807) is 13.8 Å². The molecule has 0 saturated carbocycles. The number of rotatable bonds is 4. The number of nitrogens with zero attached hydrogens (tertiary/aromatic N) is 2. The second kappa shape index (κ2) is 4.44. The highest BCUT2D eigenvalue weighted by atomic mass is 16.5. The largest absolute Gasteiger partial charge is 0.480 e. The molecule has 1 aromatic rings. The van der Waals surface area contributed by atoms with Gasteiger partial charge in [0.2, 0.25) is 5.89 Å². The van der Waals surface area contributed by atoms with Gasteiger partial charge < -0.3 is 9.63 Å². The molecule has 0 aliphatic carbocycles. The normalized spacial score (nSPS) is 12.8. The van der Waals surface area contributed by atoms with Gasteiger partial charge in [0.25, 0.3) is 0 Å². The minimum Gasteiger partial charge on any atom is -0.480 e. The van der Waals surface area contributed by atoms with E-state index in [1.807, 2.05) is 20.8 Å². The Hall–Kier alpha value is -1.43. The molecular formula is C11H19N3O3. The molecule has 96 valence electrons. The Morgan fingerprint density at radius 1 is 1.35 bits per heavy atom. The Bertz CT molecular complexity index is 404. The summed E-state index contributed by atoms with van der Waals surface area (Å²) >= 11 is 0. The minimum atomic E-state index is -1.02. The van der Waals surface area contributed by atoms with Crippen LogP contribution in [0.3, 0.4) is 0 Å². The van der Waals surface area contributed by atoms with E-state index in [1.165, 1.54) is 0 Å². The highest BCUT2D eigenvalue weighted by molar-refractivity contribution is 5.77. The summed E-state index contributed by atoms with van der Waals surface area (Å²) in [6.07, 6.45) is 0. The van der Waals surface area contributed by atoms with E-state index in [-0.39, 0.29) is 12.0 Å². The van der Waals surface area contributed by atoms with E-state index in [9.17, 15) is 4.79 Å². The van der Waals surface area contributed by atoms with Gasteiger partial charge in [0, 0.05) is 5.41 Å². The van der Waals surface area contributed by atoms with Crippen LogP contribution in [0.5, 0.6) is 0 Å². The Morgan fingerprint density at radius 2 is 1.94 bits per heavy atom. The zero-order valence-corrected chi connectivity index (χ0v) is 10.9. The van der Waals surface area contributed by atoms with E-state index in [0.717, 1.165) is 0 Å². The Kier molecular flexibility index (Phi) is 3.56. The topological polar surface area (TPSA) is 88.3 Å². The van der Waals surface area contributed by atoms with Crippen molar-refractivity contribution in [3.05, 3.63) is 11.7 Å². The molecule has 0 aliphatic rings. The molecule has 2 N–H and O–H groups in total. The van der Waals surface area contributed by atoms with Gasteiger partial charge in [-0.2, -0.15) is 4.98 Å². The first-order valence-electron chi connectivity index (χ1n) is 5.44. The number of carboxylic acids is 1. The summed E-state index contributed by atoms with van der Waals surface area (Å²) in [7, 11) is 0. The van der Waals surface area contributed by atoms with Crippen LogP contribution >= 0.6 is 0 Å². The fourth-order valence-corrected chi connectivity index (χ4v) is 1.00. The third kappa shape index (κ3) is 3.52. The minimum absolute atomic E-state index is 0.177. The number of hydrogen-bond acceptors (Lipinski definition) is 5. The molecule has 0 amide bonds. The predicted molar refractivity (Wildman–Crippen MR) is 61.6 cm³/mol. The van der Waals surface area contributed by atoms with Gasteiger partial charge >= 0.3 is 5.97 Å². The van der Waals surface area contributed by atoms with Crippen molar-refractivity contribution in [2.75, 3.05) is 0 Å². The van der Waals surface area contributed by atoms with Crippen molar-refractivity contribution in [1.29, 1.82) is 0 Å². The average Bonchev–Trinajstić information content (AvgIpc) is 2.62. The second-order valence-corrected chi connectivity index (χ2v) is 5.55. The molecule has 0 aliphatic heterocycles. The standard InChI is InChI=1S/C11H19N3O3/c1-10(2,3)8-13-7(17-14-8)6-12-11(4,5)9(15)16/h12H,6H2,1-5H3,(H,15,16). The molecule has 6 nitrogen and oxygen atoms in total. The summed E-state index contributed by atoms with van der Waals surface area (Å²) in [5.41, 5.74) is -1.19. The van der Waals surface area contributed by atoms with Gasteiger partial charge in [0.15, 0.2) is 5.82 Å². The van der Waals surface area contributed by atoms with Gasteiger partial charge in [-0.15, -0.1) is 0 Å². The molecule has 1 aromatic heterocycles. The van der Waals surface area contributed by atoms with Crippen LogP contribution in [0.25, 0.3) is 0 Å². The summed E-state index contributed by atoms with van der Waals surface area (Å²) < 4.78 is 5.05. The maximum Gasteiger partial charge on any atom is 0.323 e. The first kappa shape index (κ1) is 13.6. The van der Waals surface area contributed by atoms with Crippen LogP contribution in [0.2, 0.25) is 0 Å². The van der Waals surface area contributed by atoms with Gasteiger partial charge in [-0.05, 0) is 13.8 Å². The number of carbonyl (C=O) groups is 1. The first-order valence-corrected chi connectivity index (χ1v) is 5.44. The van der Waals surface area contributed by atoms with E-state index in [2.05, 4.69) is 15.5 Å². The van der Waals surface area contributed by atoms with Crippen LogP contribution in [0.1, 0.15) is 46.3 Å². The Balaban J connectivity index is 2.66. The van der Waals surface area contributed by atoms with E-state index >= 15 is 0 Å². The maximum atomic E-state index is 10.9. The van der Waals surface area contributed by atoms with Crippen molar-refractivity contribution in [1.82, 2.24) is 15.5 Å². The first-order chi connectivity index (χ1) is 7.63. The number of nitrogens with one attached hydrogen (secondary N) is 1. The molecule has 1 rings (SSSR count). The van der Waals surface area contributed by atoms with E-state index < -0.39 is 11.5 Å². The van der Waals surface area contributed by atoms with Crippen molar-refractivity contribution < 1.29 is 14.4 Å². The van der Waals surface area contributed by atoms with Crippen LogP contribution in [0.15, 0.2) is 4.52 Å². The van der Waals surface area contributed by atoms with E-state index in [0.29, 0.717) is 11.7 Å². The van der Waals surface area contributed by atoms with Crippen molar-refractivity contribution in [2.24, 2.45) is 0 Å². The van der Waals surface area contributed by atoms with Gasteiger partial charge in [-0.3, -0.25) is 10.1 Å². The molecule has 17 heavy (non-hydrogen) atoms. The molecule has 0 atom stereocenters. The lowest BCUT2D eigenvalue weighted by atomic mass is 9.96. The molecule has 6 heteroatoms. The highest BCUT2D eigenvalue weighted by Crippen LogP contribution is 2.18. The van der Waals surface area contributed by atoms with Crippen molar-refractivity contribution in [2.45, 2.75) is 52.1 Å². The van der Waals surface area contributed by atoms with Gasteiger partial charge in [0.1, 0.15) is 5.54 Å². The molecule has 0 fully saturated rings. The maximum absolute atomic E-state index is 10.9. The summed E-state index contributed by atoms with van der Waals surface area (Å²) in [6.45, 7) is 9.35. The summed E-state index contributed by atoms with van der Waals surface area (Å²) in [4.78, 5) is 15.1. The quantitative estimate of drug-likeness (QED) is 0.826.